The van der Waals surface area contributed by atoms with Crippen LogP contribution in [0.3, 0.4) is 0 Å². The molecule has 0 saturated carbocycles. The van der Waals surface area contributed by atoms with Crippen molar-refractivity contribution in [2.24, 2.45) is 0 Å². The number of fused-ring (bicyclic) bond motifs is 2. The summed E-state index contributed by atoms with van der Waals surface area (Å²) in [4.78, 5) is 9.39. The molecule has 0 amide bonds. The van der Waals surface area contributed by atoms with Gasteiger partial charge in [-0.3, -0.25) is 9.38 Å². The zero-order chi connectivity index (χ0) is 22.2. The standard InChI is InChI=1S/C27H25N3O2/c1-17(2)32-21-7-5-19(6-8-21)20-11-12-30-26(16-28-27(30)14-20)24-13-18(3)29-25-10-9-22(31-4)15-23(24)25/h5-17H,1-4H3. The van der Waals surface area contributed by atoms with Gasteiger partial charge in [-0.1, -0.05) is 12.1 Å². The molecule has 32 heavy (non-hydrogen) atoms. The summed E-state index contributed by atoms with van der Waals surface area (Å²) in [6.45, 7) is 6.07. The van der Waals surface area contributed by atoms with E-state index in [9.17, 15) is 0 Å². The molecule has 0 aliphatic rings. The van der Waals surface area contributed by atoms with Gasteiger partial charge in [-0.2, -0.15) is 0 Å². The second kappa shape index (κ2) is 8.00. The Kier molecular flexibility index (Phi) is 5.02. The van der Waals surface area contributed by atoms with E-state index in [1.807, 2.05) is 57.3 Å². The predicted octanol–water partition coefficient (Wildman–Crippen LogP) is 6.32. The molecule has 0 radical (unpaired) electrons. The highest BCUT2D eigenvalue weighted by Crippen LogP contribution is 2.32. The maximum Gasteiger partial charge on any atom is 0.137 e. The van der Waals surface area contributed by atoms with Gasteiger partial charge < -0.3 is 9.47 Å². The van der Waals surface area contributed by atoms with E-state index in [-0.39, 0.29) is 6.10 Å². The van der Waals surface area contributed by atoms with Crippen LogP contribution in [0.15, 0.2) is 73.1 Å². The quantitative estimate of drug-likeness (QED) is 0.332. The average molecular weight is 424 g/mol. The van der Waals surface area contributed by atoms with Crippen LogP contribution >= 0.6 is 0 Å². The van der Waals surface area contributed by atoms with Crippen LogP contribution in [0, 0.1) is 6.92 Å². The zero-order valence-electron chi connectivity index (χ0n) is 18.7. The molecule has 0 saturated heterocycles. The number of ether oxygens (including phenoxy) is 2. The molecule has 0 aliphatic carbocycles. The summed E-state index contributed by atoms with van der Waals surface area (Å²) in [5, 5.41) is 1.04. The Bertz CT molecular complexity index is 1420. The van der Waals surface area contributed by atoms with E-state index in [4.69, 9.17) is 14.5 Å². The van der Waals surface area contributed by atoms with E-state index in [0.29, 0.717) is 0 Å². The Labute approximate surface area is 187 Å². The first kappa shape index (κ1) is 20.1. The van der Waals surface area contributed by atoms with Crippen LogP contribution in [-0.2, 0) is 0 Å². The molecular weight excluding hydrogens is 398 g/mol. The van der Waals surface area contributed by atoms with Crippen molar-refractivity contribution in [3.63, 3.8) is 0 Å². The number of nitrogens with zero attached hydrogens (tertiary/aromatic N) is 3. The van der Waals surface area contributed by atoms with Crippen LogP contribution in [0.2, 0.25) is 0 Å². The first-order valence-corrected chi connectivity index (χ1v) is 10.7. The highest BCUT2D eigenvalue weighted by molar-refractivity contribution is 5.95. The van der Waals surface area contributed by atoms with Crippen LogP contribution in [0.5, 0.6) is 11.5 Å². The number of aryl methyl sites for hydroxylation is 1. The second-order valence-corrected chi connectivity index (χ2v) is 8.17. The van der Waals surface area contributed by atoms with Crippen molar-refractivity contribution in [2.45, 2.75) is 26.9 Å². The number of pyridine rings is 2. The van der Waals surface area contributed by atoms with Crippen LogP contribution in [0.25, 0.3) is 38.9 Å². The fourth-order valence-corrected chi connectivity index (χ4v) is 4.03. The smallest absolute Gasteiger partial charge is 0.137 e. The minimum atomic E-state index is 0.161. The molecule has 0 aliphatic heterocycles. The van der Waals surface area contributed by atoms with Crippen LogP contribution in [0.4, 0.5) is 0 Å². The van der Waals surface area contributed by atoms with Crippen molar-refractivity contribution in [2.75, 3.05) is 7.11 Å². The average Bonchev–Trinajstić information content (AvgIpc) is 3.21. The summed E-state index contributed by atoms with van der Waals surface area (Å²) in [6, 6.07) is 20.5. The number of rotatable bonds is 5. The highest BCUT2D eigenvalue weighted by Gasteiger charge is 2.13. The maximum atomic E-state index is 5.76. The number of benzene rings is 2. The summed E-state index contributed by atoms with van der Waals surface area (Å²) < 4.78 is 13.3. The van der Waals surface area contributed by atoms with E-state index < -0.39 is 0 Å². The molecule has 160 valence electrons. The largest absolute Gasteiger partial charge is 0.497 e. The Hall–Kier alpha value is -3.86. The molecule has 3 heterocycles. The normalized spacial score (nSPS) is 11.4. The molecule has 0 atom stereocenters. The van der Waals surface area contributed by atoms with Gasteiger partial charge in [0.25, 0.3) is 0 Å². The van der Waals surface area contributed by atoms with E-state index in [2.05, 4.69) is 45.9 Å². The Morgan fingerprint density at radius 1 is 0.875 bits per heavy atom. The topological polar surface area (TPSA) is 48.7 Å². The SMILES string of the molecule is COc1ccc2nc(C)cc(-c3cnc4cc(-c5ccc(OC(C)C)cc5)ccn34)c2c1. The molecule has 0 N–H and O–H groups in total. The Balaban J connectivity index is 1.58. The molecule has 2 aromatic carbocycles. The molecule has 5 aromatic rings. The molecule has 0 bridgehead atoms. The first-order chi connectivity index (χ1) is 15.5. The van der Waals surface area contributed by atoms with Gasteiger partial charge in [0.15, 0.2) is 0 Å². The molecule has 5 nitrogen and oxygen atoms in total. The zero-order valence-corrected chi connectivity index (χ0v) is 18.7. The Morgan fingerprint density at radius 2 is 1.66 bits per heavy atom. The number of imidazole rings is 1. The summed E-state index contributed by atoms with van der Waals surface area (Å²) in [6.07, 6.45) is 4.16. The van der Waals surface area contributed by atoms with Gasteiger partial charge in [-0.15, -0.1) is 0 Å². The van der Waals surface area contributed by atoms with Crippen molar-refractivity contribution in [1.29, 1.82) is 0 Å². The summed E-state index contributed by atoms with van der Waals surface area (Å²) in [7, 11) is 1.68. The summed E-state index contributed by atoms with van der Waals surface area (Å²) in [5.41, 5.74) is 7.15. The molecule has 0 unspecified atom stereocenters. The monoisotopic (exact) mass is 423 g/mol. The van der Waals surface area contributed by atoms with Crippen molar-refractivity contribution in [3.8, 4) is 33.9 Å². The van der Waals surface area contributed by atoms with Gasteiger partial charge in [0.2, 0.25) is 0 Å². The van der Waals surface area contributed by atoms with Crippen molar-refractivity contribution in [3.05, 3.63) is 78.8 Å². The number of methoxy groups -OCH3 is 1. The van der Waals surface area contributed by atoms with Gasteiger partial charge in [0, 0.05) is 22.8 Å². The van der Waals surface area contributed by atoms with E-state index in [1.165, 1.54) is 0 Å². The third kappa shape index (κ3) is 3.66. The highest BCUT2D eigenvalue weighted by atomic mass is 16.5. The molecule has 0 fully saturated rings. The van der Waals surface area contributed by atoms with Gasteiger partial charge in [-0.05, 0) is 80.4 Å². The number of hydrogen-bond donors (Lipinski definition) is 0. The first-order valence-electron chi connectivity index (χ1n) is 10.7. The number of aromatic nitrogens is 3. The third-order valence-electron chi connectivity index (χ3n) is 5.49. The molecule has 3 aromatic heterocycles. The fraction of sp³-hybridized carbons (Fsp3) is 0.185. The van der Waals surface area contributed by atoms with Crippen molar-refractivity contribution >= 4 is 16.6 Å². The lowest BCUT2D eigenvalue weighted by Crippen LogP contribution is -2.05. The fourth-order valence-electron chi connectivity index (χ4n) is 4.03. The van der Waals surface area contributed by atoms with Crippen molar-refractivity contribution in [1.82, 2.24) is 14.4 Å². The van der Waals surface area contributed by atoms with Gasteiger partial charge in [-0.25, -0.2) is 4.98 Å². The van der Waals surface area contributed by atoms with Crippen LogP contribution < -0.4 is 9.47 Å². The van der Waals surface area contributed by atoms with E-state index in [1.54, 1.807) is 7.11 Å². The third-order valence-corrected chi connectivity index (χ3v) is 5.49. The Morgan fingerprint density at radius 3 is 2.41 bits per heavy atom. The van der Waals surface area contributed by atoms with Crippen molar-refractivity contribution < 1.29 is 9.47 Å². The van der Waals surface area contributed by atoms with Gasteiger partial charge in [0.1, 0.15) is 17.1 Å². The summed E-state index contributed by atoms with van der Waals surface area (Å²) in [5.74, 6) is 1.69. The van der Waals surface area contributed by atoms with Gasteiger partial charge >= 0.3 is 0 Å². The minimum Gasteiger partial charge on any atom is -0.497 e. The lowest BCUT2D eigenvalue weighted by molar-refractivity contribution is 0.242. The van der Waals surface area contributed by atoms with Gasteiger partial charge in [0.05, 0.1) is 30.6 Å². The predicted molar refractivity (Wildman–Crippen MR) is 128 cm³/mol. The van der Waals surface area contributed by atoms with Crippen LogP contribution in [0.1, 0.15) is 19.5 Å². The van der Waals surface area contributed by atoms with E-state index in [0.717, 1.165) is 56.1 Å². The number of hydrogen-bond acceptors (Lipinski definition) is 4. The van der Waals surface area contributed by atoms with Crippen LogP contribution in [-0.4, -0.2) is 27.6 Å². The molecule has 0 spiro atoms. The second-order valence-electron chi connectivity index (χ2n) is 8.17. The molecular formula is C27H25N3O2. The molecule has 5 heteroatoms. The lowest BCUT2D eigenvalue weighted by atomic mass is 10.0. The minimum absolute atomic E-state index is 0.161. The molecule has 5 rings (SSSR count). The maximum absolute atomic E-state index is 5.76. The summed E-state index contributed by atoms with van der Waals surface area (Å²) >= 11 is 0. The van der Waals surface area contributed by atoms with E-state index >= 15 is 0 Å². The lowest BCUT2D eigenvalue weighted by Gasteiger charge is -2.11.